The van der Waals surface area contributed by atoms with Crippen LogP contribution in [0.25, 0.3) is 0 Å². The Hall–Kier alpha value is -1.68. The Morgan fingerprint density at radius 3 is 2.19 bits per heavy atom. The van der Waals surface area contributed by atoms with E-state index in [1.165, 1.54) is 31.2 Å². The molecule has 1 amide bonds. The van der Waals surface area contributed by atoms with Crippen LogP contribution in [-0.2, 0) is 17.8 Å². The molecule has 3 nitrogen and oxygen atoms in total. The zero-order valence-electron chi connectivity index (χ0n) is 16.4. The molecule has 0 aliphatic rings. The second kappa shape index (κ2) is 14.4. The van der Waals surface area contributed by atoms with Crippen molar-refractivity contribution in [1.29, 1.82) is 0 Å². The molecule has 2 rings (SSSR count). The highest BCUT2D eigenvalue weighted by Crippen LogP contribution is 2.08. The minimum Gasteiger partial charge on any atom is -1.00 e. The molecule has 1 heterocycles. The second-order valence-electron chi connectivity index (χ2n) is 7.14. The molecule has 0 aliphatic heterocycles. The first-order valence-corrected chi connectivity index (χ1v) is 10.0. The zero-order valence-corrected chi connectivity index (χ0v) is 18.0. The molecule has 148 valence electrons. The number of amides is 1. The van der Waals surface area contributed by atoms with Gasteiger partial charge in [-0.25, -0.2) is 4.57 Å². The van der Waals surface area contributed by atoms with Gasteiger partial charge in [0, 0.05) is 31.0 Å². The van der Waals surface area contributed by atoms with E-state index >= 15 is 0 Å². The summed E-state index contributed by atoms with van der Waals surface area (Å²) in [4.78, 5) is 12.0. The lowest BCUT2D eigenvalue weighted by atomic mass is 10.1. The number of aromatic nitrogens is 1. The lowest BCUT2D eigenvalue weighted by Gasteiger charge is -2.14. The fraction of sp³-hybridized carbons (Fsp3) is 0.478. The Morgan fingerprint density at radius 2 is 1.48 bits per heavy atom. The van der Waals surface area contributed by atoms with Gasteiger partial charge in [0.1, 0.15) is 6.54 Å². The monoisotopic (exact) mass is 432 g/mol. The van der Waals surface area contributed by atoms with Crippen LogP contribution in [0.2, 0.25) is 0 Å². The first-order valence-electron chi connectivity index (χ1n) is 10.0. The molecule has 2 aromatic rings. The van der Waals surface area contributed by atoms with Gasteiger partial charge in [0.05, 0.1) is 0 Å². The predicted octanol–water partition coefficient (Wildman–Crippen LogP) is 1.46. The van der Waals surface area contributed by atoms with Crippen LogP contribution >= 0.6 is 0 Å². The number of benzene rings is 1. The summed E-state index contributed by atoms with van der Waals surface area (Å²) in [7, 11) is 0. The van der Waals surface area contributed by atoms with Crippen molar-refractivity contribution in [3.63, 3.8) is 0 Å². The molecule has 0 radical (unpaired) electrons. The molecule has 27 heavy (non-hydrogen) atoms. The number of rotatable bonds is 12. The van der Waals surface area contributed by atoms with Crippen molar-refractivity contribution in [2.24, 2.45) is 0 Å². The SMILES string of the molecule is CC(Cc1ccccc1)NC(=O)CCCCCCCC[n+]1ccccc1.[Br-]. The smallest absolute Gasteiger partial charge is 0.220 e. The maximum Gasteiger partial charge on any atom is 0.220 e. The molecule has 0 spiro atoms. The Bertz CT molecular complexity index is 619. The first kappa shape index (κ1) is 23.4. The second-order valence-corrected chi connectivity index (χ2v) is 7.14. The number of nitrogens with zero attached hydrogens (tertiary/aromatic N) is 1. The van der Waals surface area contributed by atoms with E-state index in [-0.39, 0.29) is 28.9 Å². The van der Waals surface area contributed by atoms with Crippen LogP contribution in [0.15, 0.2) is 60.9 Å². The Morgan fingerprint density at radius 1 is 0.889 bits per heavy atom. The van der Waals surface area contributed by atoms with Crippen LogP contribution in [0.4, 0.5) is 0 Å². The third kappa shape index (κ3) is 10.9. The van der Waals surface area contributed by atoms with Gasteiger partial charge in [0.2, 0.25) is 5.91 Å². The molecule has 0 aliphatic carbocycles. The van der Waals surface area contributed by atoms with Gasteiger partial charge in [0.25, 0.3) is 0 Å². The van der Waals surface area contributed by atoms with Crippen LogP contribution in [-0.4, -0.2) is 11.9 Å². The van der Waals surface area contributed by atoms with Crippen molar-refractivity contribution < 1.29 is 26.3 Å². The lowest BCUT2D eigenvalue weighted by molar-refractivity contribution is -0.697. The van der Waals surface area contributed by atoms with Crippen LogP contribution in [0, 0.1) is 0 Å². The molecule has 1 atom stereocenters. The van der Waals surface area contributed by atoms with Crippen LogP contribution < -0.4 is 26.9 Å². The number of pyridine rings is 1. The average molecular weight is 433 g/mol. The van der Waals surface area contributed by atoms with Crippen molar-refractivity contribution in [2.45, 2.75) is 70.9 Å². The topological polar surface area (TPSA) is 33.0 Å². The van der Waals surface area contributed by atoms with Gasteiger partial charge in [-0.3, -0.25) is 4.79 Å². The van der Waals surface area contributed by atoms with Crippen molar-refractivity contribution in [3.8, 4) is 0 Å². The number of carbonyl (C=O) groups excluding carboxylic acids is 1. The molecule has 1 N–H and O–H groups in total. The first-order chi connectivity index (χ1) is 12.7. The number of halogens is 1. The van der Waals surface area contributed by atoms with E-state index in [9.17, 15) is 4.79 Å². The summed E-state index contributed by atoms with van der Waals surface area (Å²) in [6.45, 7) is 3.18. The molecule has 4 heteroatoms. The molecule has 1 aromatic heterocycles. The Balaban J connectivity index is 0.00000364. The fourth-order valence-corrected chi connectivity index (χ4v) is 3.24. The standard InChI is InChI=1S/C23H32N2O.BrH/c1-21(20-22-14-8-6-9-15-22)24-23(26)16-10-4-2-3-5-11-17-25-18-12-7-13-19-25;/h6-9,12-15,18-19,21H,2-5,10-11,16-17,20H2,1H3;1H. The van der Waals surface area contributed by atoms with Crippen LogP contribution in [0.3, 0.4) is 0 Å². The van der Waals surface area contributed by atoms with Gasteiger partial charge in [-0.05, 0) is 31.7 Å². The molecule has 0 fully saturated rings. The van der Waals surface area contributed by atoms with Crippen LogP contribution in [0.1, 0.15) is 57.4 Å². The number of carbonyl (C=O) groups is 1. The number of aryl methyl sites for hydroxylation is 1. The predicted molar refractivity (Wildman–Crippen MR) is 107 cm³/mol. The molecule has 0 saturated carbocycles. The highest BCUT2D eigenvalue weighted by molar-refractivity contribution is 5.76. The highest BCUT2D eigenvalue weighted by Gasteiger charge is 2.07. The van der Waals surface area contributed by atoms with E-state index in [1.807, 2.05) is 18.2 Å². The van der Waals surface area contributed by atoms with Gasteiger partial charge in [-0.1, -0.05) is 55.7 Å². The van der Waals surface area contributed by atoms with E-state index in [0.717, 1.165) is 25.8 Å². The number of unbranched alkanes of at least 4 members (excludes halogenated alkanes) is 5. The number of hydrogen-bond donors (Lipinski definition) is 1. The molecule has 1 unspecified atom stereocenters. The maximum atomic E-state index is 12.0. The molecular weight excluding hydrogens is 400 g/mol. The zero-order chi connectivity index (χ0) is 18.5. The van der Waals surface area contributed by atoms with Gasteiger partial charge >= 0.3 is 0 Å². The summed E-state index contributed by atoms with van der Waals surface area (Å²) in [5, 5.41) is 3.12. The third-order valence-electron chi connectivity index (χ3n) is 4.64. The molecule has 1 aromatic carbocycles. The maximum absolute atomic E-state index is 12.0. The van der Waals surface area contributed by atoms with Crippen molar-refractivity contribution in [2.75, 3.05) is 0 Å². The fourth-order valence-electron chi connectivity index (χ4n) is 3.24. The van der Waals surface area contributed by atoms with E-state index < -0.39 is 0 Å². The summed E-state index contributed by atoms with van der Waals surface area (Å²) in [6, 6.07) is 16.7. The van der Waals surface area contributed by atoms with Gasteiger partial charge in [-0.2, -0.15) is 0 Å². The van der Waals surface area contributed by atoms with Crippen molar-refractivity contribution in [1.82, 2.24) is 5.32 Å². The summed E-state index contributed by atoms with van der Waals surface area (Å²) in [5.41, 5.74) is 1.27. The van der Waals surface area contributed by atoms with Gasteiger partial charge < -0.3 is 22.3 Å². The highest BCUT2D eigenvalue weighted by atomic mass is 79.9. The summed E-state index contributed by atoms with van der Waals surface area (Å²) < 4.78 is 2.24. The van der Waals surface area contributed by atoms with Gasteiger partial charge in [0.15, 0.2) is 12.4 Å². The summed E-state index contributed by atoms with van der Waals surface area (Å²) in [6.07, 6.45) is 12.9. The minimum absolute atomic E-state index is 0. The van der Waals surface area contributed by atoms with Crippen LogP contribution in [0.5, 0.6) is 0 Å². The largest absolute Gasteiger partial charge is 1.00 e. The Kier molecular flexibility index (Phi) is 12.4. The average Bonchev–Trinajstić information content (AvgIpc) is 2.65. The number of nitrogens with one attached hydrogen (secondary N) is 1. The van der Waals surface area contributed by atoms with Crippen molar-refractivity contribution >= 4 is 5.91 Å². The molecular formula is C23H33BrN2O. The normalized spacial score (nSPS) is 11.4. The summed E-state index contributed by atoms with van der Waals surface area (Å²) in [5.74, 6) is 0.189. The Labute approximate surface area is 175 Å². The lowest BCUT2D eigenvalue weighted by Crippen LogP contribution is -3.00. The van der Waals surface area contributed by atoms with Gasteiger partial charge in [-0.15, -0.1) is 0 Å². The minimum atomic E-state index is 0. The summed E-state index contributed by atoms with van der Waals surface area (Å²) >= 11 is 0. The van der Waals surface area contributed by atoms with E-state index in [4.69, 9.17) is 0 Å². The van der Waals surface area contributed by atoms with E-state index in [2.05, 4.69) is 59.5 Å². The van der Waals surface area contributed by atoms with E-state index in [1.54, 1.807) is 0 Å². The number of hydrogen-bond acceptors (Lipinski definition) is 1. The molecule has 0 bridgehead atoms. The van der Waals surface area contributed by atoms with Crippen molar-refractivity contribution in [3.05, 3.63) is 66.5 Å². The third-order valence-corrected chi connectivity index (χ3v) is 4.64. The quantitative estimate of drug-likeness (QED) is 0.399. The molecule has 0 saturated heterocycles. The van der Waals surface area contributed by atoms with E-state index in [0.29, 0.717) is 6.42 Å².